The van der Waals surface area contributed by atoms with Crippen LogP contribution in [0.5, 0.6) is 0 Å². The quantitative estimate of drug-likeness (QED) is 0.702. The molecule has 2 amide bonds. The van der Waals surface area contributed by atoms with Crippen LogP contribution >= 0.6 is 0 Å². The van der Waals surface area contributed by atoms with Gasteiger partial charge < -0.3 is 9.73 Å². The van der Waals surface area contributed by atoms with Crippen molar-refractivity contribution >= 4 is 17.6 Å². The Bertz CT molecular complexity index is 1110. The molecule has 1 aliphatic carbocycles. The number of likely N-dealkylation sites (N-methyl/N-ethyl adjacent to an activating group) is 1. The van der Waals surface area contributed by atoms with Crippen LogP contribution in [0.25, 0.3) is 0 Å². The Labute approximate surface area is 172 Å². The first-order chi connectivity index (χ1) is 14.5. The Hall–Kier alpha value is -3.62. The summed E-state index contributed by atoms with van der Waals surface area (Å²) in [6.45, 7) is 2.05. The summed E-state index contributed by atoms with van der Waals surface area (Å²) >= 11 is 0. The van der Waals surface area contributed by atoms with Gasteiger partial charge in [0.15, 0.2) is 5.82 Å². The van der Waals surface area contributed by atoms with E-state index in [4.69, 9.17) is 4.42 Å². The van der Waals surface area contributed by atoms with Crippen LogP contribution in [0.15, 0.2) is 47.1 Å². The smallest absolute Gasteiger partial charge is 0.309 e. The number of hydrogen-bond donors (Lipinski definition) is 1. The maximum Gasteiger partial charge on any atom is 0.309 e. The van der Waals surface area contributed by atoms with E-state index in [2.05, 4.69) is 32.4 Å². The normalized spacial score (nSPS) is 24.6. The second-order valence-corrected chi connectivity index (χ2v) is 7.74. The second-order valence-electron chi connectivity index (χ2n) is 7.74. The molecule has 1 N–H and O–H groups in total. The van der Waals surface area contributed by atoms with Crippen LogP contribution in [0.1, 0.15) is 40.7 Å². The van der Waals surface area contributed by atoms with E-state index >= 15 is 0 Å². The number of fused-ring (bicyclic) bond motifs is 3. The number of carbonyl (C=O) groups is 2. The van der Waals surface area contributed by atoms with E-state index in [-0.39, 0.29) is 29.6 Å². The molecule has 2 aromatic heterocycles. The second kappa shape index (κ2) is 7.01. The van der Waals surface area contributed by atoms with Crippen molar-refractivity contribution in [2.75, 3.05) is 11.9 Å². The predicted octanol–water partition coefficient (Wildman–Crippen LogP) is 1.57. The summed E-state index contributed by atoms with van der Waals surface area (Å²) in [6.07, 6.45) is 3.63. The first-order valence-electron chi connectivity index (χ1n) is 9.80. The highest BCUT2D eigenvalue weighted by Gasteiger charge is 2.59. The van der Waals surface area contributed by atoms with Gasteiger partial charge in [0.05, 0.1) is 12.1 Å². The molecule has 152 valence electrons. The van der Waals surface area contributed by atoms with Crippen LogP contribution in [-0.2, 0) is 11.2 Å². The zero-order valence-electron chi connectivity index (χ0n) is 16.5. The van der Waals surface area contributed by atoms with Gasteiger partial charge in [-0.25, -0.2) is 4.98 Å². The zero-order chi connectivity index (χ0) is 20.8. The molecular formula is C21H20N6O3. The third-order valence-corrected chi connectivity index (χ3v) is 5.91. The van der Waals surface area contributed by atoms with Crippen LogP contribution in [0.4, 0.5) is 5.82 Å². The van der Waals surface area contributed by atoms with Crippen LogP contribution in [0, 0.1) is 11.8 Å². The van der Waals surface area contributed by atoms with Crippen molar-refractivity contribution in [3.05, 3.63) is 65.8 Å². The van der Waals surface area contributed by atoms with Crippen molar-refractivity contribution < 1.29 is 14.0 Å². The third kappa shape index (κ3) is 3.02. The van der Waals surface area contributed by atoms with E-state index in [1.165, 1.54) is 4.90 Å². The van der Waals surface area contributed by atoms with Crippen LogP contribution in [0.2, 0.25) is 0 Å². The molecule has 3 heterocycles. The van der Waals surface area contributed by atoms with Gasteiger partial charge >= 0.3 is 11.8 Å². The van der Waals surface area contributed by atoms with Crippen molar-refractivity contribution in [2.24, 2.45) is 11.8 Å². The van der Waals surface area contributed by atoms with Gasteiger partial charge in [-0.15, -0.1) is 10.2 Å². The molecule has 9 heteroatoms. The van der Waals surface area contributed by atoms with Gasteiger partial charge in [-0.05, 0) is 11.5 Å². The SMILES string of the molecule is CC1C2c3nccnc3N(C)C(=O)[C@@H](NC(=O)c3nnc(Cc4ccccc4)o3)C12. The Balaban J connectivity index is 1.35. The van der Waals surface area contributed by atoms with Gasteiger partial charge in [-0.1, -0.05) is 37.3 Å². The Morgan fingerprint density at radius 2 is 1.93 bits per heavy atom. The van der Waals surface area contributed by atoms with Gasteiger partial charge in [0.25, 0.3) is 5.91 Å². The molecule has 1 saturated carbocycles. The van der Waals surface area contributed by atoms with Crippen molar-refractivity contribution in [1.82, 2.24) is 25.5 Å². The molecular weight excluding hydrogens is 384 g/mol. The topological polar surface area (TPSA) is 114 Å². The minimum Gasteiger partial charge on any atom is -0.417 e. The van der Waals surface area contributed by atoms with Gasteiger partial charge in [0.2, 0.25) is 5.89 Å². The highest BCUT2D eigenvalue weighted by molar-refractivity contribution is 6.02. The van der Waals surface area contributed by atoms with Gasteiger partial charge in [0.1, 0.15) is 6.04 Å². The fourth-order valence-corrected chi connectivity index (χ4v) is 4.30. The van der Waals surface area contributed by atoms with Crippen molar-refractivity contribution in [3.63, 3.8) is 0 Å². The number of hydrogen-bond acceptors (Lipinski definition) is 7. The fourth-order valence-electron chi connectivity index (χ4n) is 4.30. The number of rotatable bonds is 4. The summed E-state index contributed by atoms with van der Waals surface area (Å²) in [6, 6.07) is 8.94. The van der Waals surface area contributed by atoms with E-state index in [1.54, 1.807) is 19.4 Å². The van der Waals surface area contributed by atoms with Crippen molar-refractivity contribution in [2.45, 2.75) is 25.3 Å². The molecule has 1 aromatic carbocycles. The minimum atomic E-state index is -0.706. The van der Waals surface area contributed by atoms with Gasteiger partial charge in [-0.2, -0.15) is 0 Å². The summed E-state index contributed by atoms with van der Waals surface area (Å²) in [5.41, 5.74) is 1.80. The molecule has 0 radical (unpaired) electrons. The first kappa shape index (κ1) is 18.4. The monoisotopic (exact) mass is 404 g/mol. The van der Waals surface area contributed by atoms with E-state index in [0.717, 1.165) is 11.3 Å². The maximum atomic E-state index is 13.1. The Morgan fingerprint density at radius 3 is 2.73 bits per heavy atom. The summed E-state index contributed by atoms with van der Waals surface area (Å²) < 4.78 is 5.54. The van der Waals surface area contributed by atoms with E-state index < -0.39 is 11.9 Å². The van der Waals surface area contributed by atoms with E-state index in [9.17, 15) is 9.59 Å². The first-order valence-corrected chi connectivity index (χ1v) is 9.80. The Morgan fingerprint density at radius 1 is 1.17 bits per heavy atom. The van der Waals surface area contributed by atoms with Crippen LogP contribution < -0.4 is 10.2 Å². The molecule has 9 nitrogen and oxygen atoms in total. The Kier molecular flexibility index (Phi) is 4.30. The molecule has 3 unspecified atom stereocenters. The van der Waals surface area contributed by atoms with Crippen molar-refractivity contribution in [3.8, 4) is 0 Å². The predicted molar refractivity (Wildman–Crippen MR) is 106 cm³/mol. The number of amides is 2. The number of nitrogens with zero attached hydrogens (tertiary/aromatic N) is 5. The molecule has 0 spiro atoms. The third-order valence-electron chi connectivity index (χ3n) is 5.91. The van der Waals surface area contributed by atoms with E-state index in [0.29, 0.717) is 18.1 Å². The van der Waals surface area contributed by atoms with Gasteiger partial charge in [-0.3, -0.25) is 19.5 Å². The minimum absolute atomic E-state index is 0.0476. The molecule has 0 saturated heterocycles. The van der Waals surface area contributed by atoms with Crippen LogP contribution in [0.3, 0.4) is 0 Å². The lowest BCUT2D eigenvalue weighted by atomic mass is 10.1. The standard InChI is InChI=1S/C21H20N6O3/c1-11-14-15(11)17(21(29)27(2)18-16(14)22-8-9-23-18)24-19(28)20-26-25-13(30-20)10-12-6-4-3-5-7-12/h3-9,11,14-15,17H,10H2,1-2H3,(H,24,28)/t11?,14?,15?,17-/m0/s1. The lowest BCUT2D eigenvalue weighted by Gasteiger charge is -2.22. The van der Waals surface area contributed by atoms with Gasteiger partial charge in [0, 0.05) is 31.3 Å². The van der Waals surface area contributed by atoms with Crippen LogP contribution in [-0.4, -0.2) is 45.1 Å². The molecule has 0 bridgehead atoms. The highest BCUT2D eigenvalue weighted by Crippen LogP contribution is 2.58. The zero-order valence-corrected chi connectivity index (χ0v) is 16.5. The molecule has 1 aliphatic heterocycles. The molecule has 3 aromatic rings. The lowest BCUT2D eigenvalue weighted by molar-refractivity contribution is -0.120. The molecule has 2 aliphatic rings. The fraction of sp³-hybridized carbons (Fsp3) is 0.333. The lowest BCUT2D eigenvalue weighted by Crippen LogP contribution is -2.49. The molecule has 4 atom stereocenters. The number of aromatic nitrogens is 4. The number of anilines is 1. The average molecular weight is 404 g/mol. The number of benzene rings is 1. The summed E-state index contributed by atoms with van der Waals surface area (Å²) in [5.74, 6) is 0.177. The summed E-state index contributed by atoms with van der Waals surface area (Å²) in [7, 11) is 1.65. The molecule has 5 rings (SSSR count). The molecule has 30 heavy (non-hydrogen) atoms. The average Bonchev–Trinajstić information content (AvgIpc) is 3.21. The largest absolute Gasteiger partial charge is 0.417 e. The summed E-state index contributed by atoms with van der Waals surface area (Å²) in [5, 5.41) is 10.6. The van der Waals surface area contributed by atoms with E-state index in [1.807, 2.05) is 30.3 Å². The van der Waals surface area contributed by atoms with Crippen molar-refractivity contribution in [1.29, 1.82) is 0 Å². The summed E-state index contributed by atoms with van der Waals surface area (Å²) in [4.78, 5) is 36.1. The maximum absolute atomic E-state index is 13.1. The number of nitrogens with one attached hydrogen (secondary N) is 1. The number of carbonyl (C=O) groups excluding carboxylic acids is 2. The highest BCUT2D eigenvalue weighted by atomic mass is 16.4. The molecule has 1 fully saturated rings.